The van der Waals surface area contributed by atoms with E-state index in [9.17, 15) is 13.2 Å². The van der Waals surface area contributed by atoms with E-state index < -0.39 is 9.84 Å². The lowest BCUT2D eigenvalue weighted by atomic mass is 9.83. The van der Waals surface area contributed by atoms with Gasteiger partial charge in [-0.25, -0.2) is 8.42 Å². The number of ketones is 1. The first-order chi connectivity index (χ1) is 8.47. The molecule has 3 nitrogen and oxygen atoms in total. The van der Waals surface area contributed by atoms with Crippen LogP contribution in [-0.2, 0) is 21.1 Å². The lowest BCUT2D eigenvalue weighted by molar-refractivity contribution is -0.120. The number of aryl methyl sites for hydroxylation is 1. The van der Waals surface area contributed by atoms with Crippen LogP contribution in [0.1, 0.15) is 42.0 Å². The van der Waals surface area contributed by atoms with Gasteiger partial charge in [0.2, 0.25) is 0 Å². The number of rotatable bonds is 5. The molecule has 0 aliphatic heterocycles. The molecular weight excluding hydrogens is 268 g/mol. The molecule has 0 amide bonds. The van der Waals surface area contributed by atoms with Gasteiger partial charge in [-0.2, -0.15) is 0 Å². The minimum absolute atomic E-state index is 0.0135. The monoisotopic (exact) mass is 286 g/mol. The molecule has 100 valence electrons. The zero-order chi connectivity index (χ0) is 13.2. The summed E-state index contributed by atoms with van der Waals surface area (Å²) in [6.07, 6.45) is 5.12. The van der Waals surface area contributed by atoms with Crippen LogP contribution in [0.2, 0.25) is 0 Å². The minimum atomic E-state index is -2.95. The Bertz CT molecular complexity index is 528. The van der Waals surface area contributed by atoms with Crippen LogP contribution in [0.25, 0.3) is 0 Å². The summed E-state index contributed by atoms with van der Waals surface area (Å²) >= 11 is 1.73. The SMILES string of the molecule is CS(=O)(=O)CCCC(=O)C1CCCc2sccc21. The van der Waals surface area contributed by atoms with Gasteiger partial charge in [0.15, 0.2) is 0 Å². The Kier molecular flexibility index (Phi) is 4.22. The largest absolute Gasteiger partial charge is 0.299 e. The van der Waals surface area contributed by atoms with Gasteiger partial charge < -0.3 is 0 Å². The average molecular weight is 286 g/mol. The van der Waals surface area contributed by atoms with Crippen molar-refractivity contribution in [1.29, 1.82) is 0 Å². The first-order valence-electron chi connectivity index (χ1n) is 6.24. The molecule has 0 saturated heterocycles. The Morgan fingerprint density at radius 2 is 2.28 bits per heavy atom. The second-order valence-corrected chi connectivity index (χ2v) is 8.20. The zero-order valence-electron chi connectivity index (χ0n) is 10.5. The lowest BCUT2D eigenvalue weighted by Gasteiger charge is -2.21. The maximum absolute atomic E-state index is 12.2. The van der Waals surface area contributed by atoms with Crippen LogP contribution in [0.15, 0.2) is 11.4 Å². The summed E-state index contributed by atoms with van der Waals surface area (Å²) in [5.74, 6) is 0.333. The van der Waals surface area contributed by atoms with E-state index in [4.69, 9.17) is 0 Å². The second-order valence-electron chi connectivity index (χ2n) is 4.94. The van der Waals surface area contributed by atoms with E-state index in [1.165, 1.54) is 16.7 Å². The summed E-state index contributed by atoms with van der Waals surface area (Å²) in [6, 6.07) is 2.05. The van der Waals surface area contributed by atoms with Crippen LogP contribution < -0.4 is 0 Å². The fraction of sp³-hybridized carbons (Fsp3) is 0.615. The van der Waals surface area contributed by atoms with Gasteiger partial charge in [-0.15, -0.1) is 11.3 Å². The molecule has 0 saturated carbocycles. The molecule has 1 heterocycles. The summed E-state index contributed by atoms with van der Waals surface area (Å²) in [6.45, 7) is 0. The van der Waals surface area contributed by atoms with Gasteiger partial charge in [0.05, 0.1) is 5.75 Å². The van der Waals surface area contributed by atoms with Crippen LogP contribution in [0.3, 0.4) is 0 Å². The van der Waals surface area contributed by atoms with Crippen molar-refractivity contribution in [3.05, 3.63) is 21.9 Å². The molecule has 1 aromatic heterocycles. The highest BCUT2D eigenvalue weighted by Gasteiger charge is 2.26. The normalized spacial score (nSPS) is 19.5. The van der Waals surface area contributed by atoms with Crippen molar-refractivity contribution in [2.75, 3.05) is 12.0 Å². The first kappa shape index (κ1) is 13.7. The molecule has 1 unspecified atom stereocenters. The smallest absolute Gasteiger partial charge is 0.147 e. The predicted molar refractivity (Wildman–Crippen MR) is 73.9 cm³/mol. The predicted octanol–water partition coefficient (Wildman–Crippen LogP) is 2.56. The maximum atomic E-state index is 12.2. The highest BCUT2D eigenvalue weighted by atomic mass is 32.2. The third-order valence-corrected chi connectivity index (χ3v) is 5.41. The Morgan fingerprint density at radius 3 is 3.00 bits per heavy atom. The Hall–Kier alpha value is -0.680. The Balaban J connectivity index is 1.95. The van der Waals surface area contributed by atoms with Crippen molar-refractivity contribution in [2.24, 2.45) is 0 Å². The van der Waals surface area contributed by atoms with E-state index in [0.717, 1.165) is 19.3 Å². The number of fused-ring (bicyclic) bond motifs is 1. The van der Waals surface area contributed by atoms with Crippen molar-refractivity contribution >= 4 is 27.0 Å². The number of Topliss-reactive ketones (excluding diaryl/α,β-unsaturated/α-hetero) is 1. The molecule has 0 N–H and O–H groups in total. The molecule has 1 aromatic rings. The van der Waals surface area contributed by atoms with Crippen LogP contribution in [0.4, 0.5) is 0 Å². The van der Waals surface area contributed by atoms with E-state index in [2.05, 4.69) is 6.07 Å². The Labute approximate surface area is 112 Å². The average Bonchev–Trinajstić information content (AvgIpc) is 2.74. The minimum Gasteiger partial charge on any atom is -0.299 e. The third kappa shape index (κ3) is 3.42. The summed E-state index contributed by atoms with van der Waals surface area (Å²) < 4.78 is 22.1. The molecule has 1 aliphatic rings. The fourth-order valence-electron chi connectivity index (χ4n) is 2.50. The molecule has 0 bridgehead atoms. The van der Waals surface area contributed by atoms with Gasteiger partial charge in [-0.1, -0.05) is 0 Å². The fourth-order valence-corrected chi connectivity index (χ4v) is 4.16. The second kappa shape index (κ2) is 5.53. The van der Waals surface area contributed by atoms with Gasteiger partial charge in [0.25, 0.3) is 0 Å². The van der Waals surface area contributed by atoms with E-state index in [0.29, 0.717) is 12.8 Å². The third-order valence-electron chi connectivity index (χ3n) is 3.38. The first-order valence-corrected chi connectivity index (χ1v) is 9.18. The van der Waals surface area contributed by atoms with Crippen molar-refractivity contribution in [3.8, 4) is 0 Å². The van der Waals surface area contributed by atoms with Crippen molar-refractivity contribution in [3.63, 3.8) is 0 Å². The highest BCUT2D eigenvalue weighted by molar-refractivity contribution is 7.90. The van der Waals surface area contributed by atoms with Gasteiger partial charge in [0.1, 0.15) is 15.6 Å². The van der Waals surface area contributed by atoms with Crippen LogP contribution >= 0.6 is 11.3 Å². The van der Waals surface area contributed by atoms with Gasteiger partial charge in [-0.3, -0.25) is 4.79 Å². The van der Waals surface area contributed by atoms with E-state index in [1.54, 1.807) is 11.3 Å². The topological polar surface area (TPSA) is 51.2 Å². The summed E-state index contributed by atoms with van der Waals surface area (Å²) in [4.78, 5) is 13.5. The molecule has 1 atom stereocenters. The number of carbonyl (C=O) groups is 1. The van der Waals surface area contributed by atoms with Crippen LogP contribution in [-0.4, -0.2) is 26.2 Å². The molecule has 0 fully saturated rings. The molecule has 1 aliphatic carbocycles. The Morgan fingerprint density at radius 1 is 1.50 bits per heavy atom. The maximum Gasteiger partial charge on any atom is 0.147 e. The quantitative estimate of drug-likeness (QED) is 0.836. The molecule has 0 aromatic carbocycles. The number of carbonyl (C=O) groups excluding carboxylic acids is 1. The summed E-state index contributed by atoms with van der Waals surface area (Å²) in [5.41, 5.74) is 1.19. The van der Waals surface area contributed by atoms with E-state index in [-0.39, 0.29) is 17.5 Å². The standard InChI is InChI=1S/C13H18O3S2/c1-18(15,16)9-3-5-12(14)10-4-2-6-13-11(10)7-8-17-13/h7-8,10H,2-6,9H2,1H3. The van der Waals surface area contributed by atoms with Gasteiger partial charge in [0, 0.05) is 23.5 Å². The van der Waals surface area contributed by atoms with Crippen LogP contribution in [0, 0.1) is 0 Å². The molecule has 18 heavy (non-hydrogen) atoms. The van der Waals surface area contributed by atoms with Crippen molar-refractivity contribution < 1.29 is 13.2 Å². The molecular formula is C13H18O3S2. The molecule has 5 heteroatoms. The number of hydrogen-bond donors (Lipinski definition) is 0. The zero-order valence-corrected chi connectivity index (χ0v) is 12.1. The summed E-state index contributed by atoms with van der Waals surface area (Å²) in [5, 5.41) is 2.05. The van der Waals surface area contributed by atoms with Gasteiger partial charge >= 0.3 is 0 Å². The van der Waals surface area contributed by atoms with Crippen LogP contribution in [0.5, 0.6) is 0 Å². The van der Waals surface area contributed by atoms with Crippen molar-refractivity contribution in [1.82, 2.24) is 0 Å². The molecule has 0 radical (unpaired) electrons. The van der Waals surface area contributed by atoms with Crippen molar-refractivity contribution in [2.45, 2.75) is 38.0 Å². The number of sulfone groups is 1. The van der Waals surface area contributed by atoms with Gasteiger partial charge in [-0.05, 0) is 42.7 Å². The number of hydrogen-bond acceptors (Lipinski definition) is 4. The van der Waals surface area contributed by atoms with E-state index in [1.807, 2.05) is 5.38 Å². The highest BCUT2D eigenvalue weighted by Crippen LogP contribution is 2.36. The summed E-state index contributed by atoms with van der Waals surface area (Å²) in [7, 11) is -2.95. The molecule has 0 spiro atoms. The number of thiophene rings is 1. The molecule has 2 rings (SSSR count). The van der Waals surface area contributed by atoms with E-state index >= 15 is 0 Å². The lowest BCUT2D eigenvalue weighted by Crippen LogP contribution is -2.18.